The van der Waals surface area contributed by atoms with Gasteiger partial charge in [-0.25, -0.2) is 0 Å². The van der Waals surface area contributed by atoms with Gasteiger partial charge in [-0.3, -0.25) is 0 Å². The van der Waals surface area contributed by atoms with Gasteiger partial charge < -0.3 is 5.32 Å². The highest BCUT2D eigenvalue weighted by Gasteiger charge is 2.10. The predicted octanol–water partition coefficient (Wildman–Crippen LogP) is 3.93. The molecule has 0 fully saturated rings. The van der Waals surface area contributed by atoms with Crippen LogP contribution in [0.3, 0.4) is 0 Å². The smallest absolute Gasteiger partial charge is 0.00755 e. The van der Waals surface area contributed by atoms with Crippen LogP contribution in [-0.2, 0) is 0 Å². The Bertz CT molecular complexity index is 149. The van der Waals surface area contributed by atoms with Crippen molar-refractivity contribution in [3.8, 4) is 0 Å². The Balaban J connectivity index is 3.35. The maximum atomic E-state index is 3.59. The molecular formula is C13H29NS. The van der Waals surface area contributed by atoms with Crippen molar-refractivity contribution in [1.82, 2.24) is 5.32 Å². The molecule has 0 amide bonds. The zero-order valence-corrected chi connectivity index (χ0v) is 12.2. The second-order valence-electron chi connectivity index (χ2n) is 5.79. The monoisotopic (exact) mass is 231 g/mol. The quantitative estimate of drug-likeness (QED) is 0.666. The Morgan fingerprint density at radius 1 is 1.07 bits per heavy atom. The Kier molecular flexibility index (Phi) is 7.72. The fourth-order valence-electron chi connectivity index (χ4n) is 1.35. The van der Waals surface area contributed by atoms with Crippen molar-refractivity contribution < 1.29 is 0 Å². The summed E-state index contributed by atoms with van der Waals surface area (Å²) in [5, 5.41) is 3.59. The van der Waals surface area contributed by atoms with Gasteiger partial charge in [-0.15, -0.1) is 0 Å². The summed E-state index contributed by atoms with van der Waals surface area (Å²) in [7, 11) is 0. The predicted molar refractivity (Wildman–Crippen MR) is 73.7 cm³/mol. The lowest BCUT2D eigenvalue weighted by atomic mass is 10.0. The lowest BCUT2D eigenvalue weighted by molar-refractivity contribution is 0.460. The maximum Gasteiger partial charge on any atom is 0.00755 e. The lowest BCUT2D eigenvalue weighted by Crippen LogP contribution is -2.29. The van der Waals surface area contributed by atoms with Crippen LogP contribution in [0.15, 0.2) is 0 Å². The van der Waals surface area contributed by atoms with Crippen molar-refractivity contribution in [2.45, 2.75) is 65.2 Å². The van der Waals surface area contributed by atoms with Crippen LogP contribution in [0, 0.1) is 5.92 Å². The number of rotatable bonds is 7. The van der Waals surface area contributed by atoms with Gasteiger partial charge in [0.25, 0.3) is 0 Å². The van der Waals surface area contributed by atoms with Crippen molar-refractivity contribution in [1.29, 1.82) is 0 Å². The lowest BCUT2D eigenvalue weighted by Gasteiger charge is -2.19. The van der Waals surface area contributed by atoms with Crippen molar-refractivity contribution in [3.63, 3.8) is 0 Å². The third-order valence-corrected chi connectivity index (χ3v) is 3.58. The summed E-state index contributed by atoms with van der Waals surface area (Å²) >= 11 is 2.04. The van der Waals surface area contributed by atoms with Gasteiger partial charge in [-0.05, 0) is 25.7 Å². The van der Waals surface area contributed by atoms with Gasteiger partial charge in [-0.2, -0.15) is 11.8 Å². The van der Waals surface area contributed by atoms with Gasteiger partial charge in [0.15, 0.2) is 0 Å². The van der Waals surface area contributed by atoms with Gasteiger partial charge in [-0.1, -0.05) is 34.6 Å². The molecule has 0 aromatic heterocycles. The van der Waals surface area contributed by atoms with E-state index < -0.39 is 0 Å². The summed E-state index contributed by atoms with van der Waals surface area (Å²) in [6, 6.07) is 0.674. The second-order valence-corrected chi connectivity index (χ2v) is 7.71. The molecule has 0 bridgehead atoms. The molecular weight excluding hydrogens is 202 g/mol. The number of hydrogen-bond donors (Lipinski definition) is 1. The van der Waals surface area contributed by atoms with Gasteiger partial charge in [0.1, 0.15) is 0 Å². The normalized spacial score (nSPS) is 14.6. The van der Waals surface area contributed by atoms with Crippen molar-refractivity contribution in [2.24, 2.45) is 5.92 Å². The minimum atomic E-state index is 0.406. The molecule has 0 aliphatic carbocycles. The topological polar surface area (TPSA) is 12.0 Å². The largest absolute Gasteiger partial charge is 0.313 e. The first-order valence-corrected chi connectivity index (χ1v) is 7.17. The van der Waals surface area contributed by atoms with E-state index in [9.17, 15) is 0 Å². The van der Waals surface area contributed by atoms with Crippen LogP contribution >= 0.6 is 11.8 Å². The first-order chi connectivity index (χ1) is 6.81. The summed E-state index contributed by atoms with van der Waals surface area (Å²) < 4.78 is 0.406. The molecule has 2 heteroatoms. The summed E-state index contributed by atoms with van der Waals surface area (Å²) in [6.45, 7) is 14.9. The average molecular weight is 231 g/mol. The molecule has 0 spiro atoms. The minimum Gasteiger partial charge on any atom is -0.313 e. The molecule has 0 aliphatic heterocycles. The zero-order chi connectivity index (χ0) is 11.9. The van der Waals surface area contributed by atoms with Crippen LogP contribution in [-0.4, -0.2) is 23.1 Å². The van der Waals surface area contributed by atoms with E-state index in [0.29, 0.717) is 10.8 Å². The van der Waals surface area contributed by atoms with Crippen molar-refractivity contribution >= 4 is 11.8 Å². The highest BCUT2D eigenvalue weighted by atomic mass is 32.2. The van der Waals surface area contributed by atoms with Crippen molar-refractivity contribution in [2.75, 3.05) is 12.3 Å². The van der Waals surface area contributed by atoms with Gasteiger partial charge >= 0.3 is 0 Å². The van der Waals surface area contributed by atoms with Crippen LogP contribution < -0.4 is 5.32 Å². The molecule has 0 aromatic rings. The molecule has 1 unspecified atom stereocenters. The number of thioether (sulfide) groups is 1. The molecule has 0 saturated heterocycles. The van der Waals surface area contributed by atoms with Crippen LogP contribution in [0.25, 0.3) is 0 Å². The Labute approximate surface area is 101 Å². The van der Waals surface area contributed by atoms with E-state index in [1.54, 1.807) is 0 Å². The highest BCUT2D eigenvalue weighted by Crippen LogP contribution is 2.22. The fraction of sp³-hybridized carbons (Fsp3) is 1.00. The molecule has 0 radical (unpaired) electrons. The van der Waals surface area contributed by atoms with E-state index in [4.69, 9.17) is 0 Å². The van der Waals surface area contributed by atoms with Crippen LogP contribution in [0.4, 0.5) is 0 Å². The molecule has 0 aliphatic rings. The van der Waals surface area contributed by atoms with Gasteiger partial charge in [0.2, 0.25) is 0 Å². The van der Waals surface area contributed by atoms with E-state index in [-0.39, 0.29) is 0 Å². The fourth-order valence-corrected chi connectivity index (χ4v) is 2.18. The molecule has 1 nitrogen and oxygen atoms in total. The summed E-state index contributed by atoms with van der Waals surface area (Å²) in [4.78, 5) is 0. The molecule has 15 heavy (non-hydrogen) atoms. The SMILES string of the molecule is CC(C)CCC(C)NCCSC(C)(C)C. The van der Waals surface area contributed by atoms with E-state index in [2.05, 4.69) is 46.9 Å². The van der Waals surface area contributed by atoms with E-state index in [0.717, 1.165) is 12.5 Å². The third-order valence-electron chi connectivity index (χ3n) is 2.31. The highest BCUT2D eigenvalue weighted by molar-refractivity contribution is 8.00. The van der Waals surface area contributed by atoms with E-state index in [1.165, 1.54) is 18.6 Å². The Morgan fingerprint density at radius 2 is 1.67 bits per heavy atom. The maximum absolute atomic E-state index is 3.59. The van der Waals surface area contributed by atoms with E-state index in [1.807, 2.05) is 11.8 Å². The summed E-state index contributed by atoms with van der Waals surface area (Å²) in [5.41, 5.74) is 0. The Hall–Kier alpha value is 0.310. The van der Waals surface area contributed by atoms with Gasteiger partial charge in [0.05, 0.1) is 0 Å². The number of hydrogen-bond acceptors (Lipinski definition) is 2. The minimum absolute atomic E-state index is 0.406. The first kappa shape index (κ1) is 15.3. The molecule has 1 atom stereocenters. The third kappa shape index (κ3) is 12.2. The standard InChI is InChI=1S/C13H29NS/c1-11(2)7-8-12(3)14-9-10-15-13(4,5)6/h11-12,14H,7-10H2,1-6H3. The molecule has 0 saturated carbocycles. The van der Waals surface area contributed by atoms with Crippen LogP contribution in [0.5, 0.6) is 0 Å². The van der Waals surface area contributed by atoms with Crippen LogP contribution in [0.2, 0.25) is 0 Å². The van der Waals surface area contributed by atoms with Gasteiger partial charge in [0, 0.05) is 23.1 Å². The zero-order valence-electron chi connectivity index (χ0n) is 11.4. The first-order valence-electron chi connectivity index (χ1n) is 6.18. The molecule has 92 valence electrons. The summed E-state index contributed by atoms with van der Waals surface area (Å²) in [6.07, 6.45) is 2.64. The second kappa shape index (κ2) is 7.56. The molecule has 0 aromatic carbocycles. The molecule has 0 rings (SSSR count). The summed E-state index contributed by atoms with van der Waals surface area (Å²) in [5.74, 6) is 2.05. The van der Waals surface area contributed by atoms with E-state index >= 15 is 0 Å². The molecule has 1 N–H and O–H groups in total. The Morgan fingerprint density at radius 3 is 2.13 bits per heavy atom. The average Bonchev–Trinajstić information content (AvgIpc) is 2.07. The van der Waals surface area contributed by atoms with Crippen molar-refractivity contribution in [3.05, 3.63) is 0 Å². The van der Waals surface area contributed by atoms with Crippen LogP contribution in [0.1, 0.15) is 54.4 Å². The molecule has 0 heterocycles. The number of nitrogens with one attached hydrogen (secondary N) is 1.